The standard InChI is InChI=1S/C19H23N3O3S/c1-11-7-13(8-12(2)17(11)24)14-9-16(23)20-10-15-18(14)26-19(21-15)22-3-5-25-6-4-22/h7-8,14,24H,3-6,9-10H2,1-2H3,(H,20,23). The lowest BCUT2D eigenvalue weighted by atomic mass is 9.90. The third-order valence-corrected chi connectivity index (χ3v) is 6.34. The highest BCUT2D eigenvalue weighted by atomic mass is 32.1. The van der Waals surface area contributed by atoms with E-state index in [4.69, 9.17) is 9.72 Å². The van der Waals surface area contributed by atoms with E-state index in [0.29, 0.717) is 18.7 Å². The Balaban J connectivity index is 1.75. The molecule has 6 nitrogen and oxygen atoms in total. The van der Waals surface area contributed by atoms with Crippen LogP contribution in [0.2, 0.25) is 0 Å². The average Bonchev–Trinajstić information content (AvgIpc) is 3.00. The summed E-state index contributed by atoms with van der Waals surface area (Å²) in [7, 11) is 0. The van der Waals surface area contributed by atoms with E-state index in [1.54, 1.807) is 11.3 Å². The number of aromatic nitrogens is 1. The molecule has 2 aliphatic rings. The minimum atomic E-state index is -0.0298. The molecule has 1 atom stereocenters. The van der Waals surface area contributed by atoms with Crippen LogP contribution in [0.1, 0.15) is 39.6 Å². The number of ether oxygens (including phenoxy) is 1. The van der Waals surface area contributed by atoms with Crippen LogP contribution >= 0.6 is 11.3 Å². The van der Waals surface area contributed by atoms with Crippen LogP contribution in [0, 0.1) is 13.8 Å². The van der Waals surface area contributed by atoms with Gasteiger partial charge in [0.05, 0.1) is 25.5 Å². The minimum Gasteiger partial charge on any atom is -0.507 e. The van der Waals surface area contributed by atoms with Gasteiger partial charge in [-0.2, -0.15) is 0 Å². The fraction of sp³-hybridized carbons (Fsp3) is 0.474. The van der Waals surface area contributed by atoms with Gasteiger partial charge in [0, 0.05) is 30.3 Å². The van der Waals surface area contributed by atoms with E-state index < -0.39 is 0 Å². The van der Waals surface area contributed by atoms with Crippen LogP contribution < -0.4 is 10.2 Å². The summed E-state index contributed by atoms with van der Waals surface area (Å²) >= 11 is 1.68. The second-order valence-electron chi connectivity index (χ2n) is 6.94. The maximum Gasteiger partial charge on any atom is 0.221 e. The van der Waals surface area contributed by atoms with Crippen molar-refractivity contribution >= 4 is 22.4 Å². The van der Waals surface area contributed by atoms with Gasteiger partial charge >= 0.3 is 0 Å². The minimum absolute atomic E-state index is 0.0298. The number of nitrogens with zero attached hydrogens (tertiary/aromatic N) is 2. The van der Waals surface area contributed by atoms with Crippen molar-refractivity contribution in [2.75, 3.05) is 31.2 Å². The normalized spacial score (nSPS) is 20.5. The van der Waals surface area contributed by atoms with Crippen molar-refractivity contribution in [1.29, 1.82) is 0 Å². The molecule has 2 aliphatic heterocycles. The number of aryl methyl sites for hydroxylation is 2. The topological polar surface area (TPSA) is 74.7 Å². The van der Waals surface area contributed by atoms with Crippen molar-refractivity contribution in [2.24, 2.45) is 0 Å². The number of carbonyl (C=O) groups excluding carboxylic acids is 1. The first-order valence-electron chi connectivity index (χ1n) is 8.92. The van der Waals surface area contributed by atoms with Crippen molar-refractivity contribution < 1.29 is 14.6 Å². The molecule has 2 N–H and O–H groups in total. The maximum absolute atomic E-state index is 12.2. The highest BCUT2D eigenvalue weighted by Crippen LogP contribution is 2.40. The Morgan fingerprint density at radius 3 is 2.65 bits per heavy atom. The van der Waals surface area contributed by atoms with Crippen molar-refractivity contribution in [3.8, 4) is 5.75 Å². The molecule has 2 aromatic rings. The van der Waals surface area contributed by atoms with Crippen molar-refractivity contribution in [3.63, 3.8) is 0 Å². The molecule has 1 saturated heterocycles. The number of hydrogen-bond donors (Lipinski definition) is 2. The Hall–Kier alpha value is -2.12. The Bertz CT molecular complexity index is 820. The van der Waals surface area contributed by atoms with Gasteiger partial charge in [0.15, 0.2) is 5.13 Å². The molecular formula is C19H23N3O3S. The summed E-state index contributed by atoms with van der Waals surface area (Å²) in [5.74, 6) is 0.333. The molecule has 0 bridgehead atoms. The number of carbonyl (C=O) groups is 1. The lowest BCUT2D eigenvalue weighted by molar-refractivity contribution is -0.121. The van der Waals surface area contributed by atoms with E-state index >= 15 is 0 Å². The summed E-state index contributed by atoms with van der Waals surface area (Å²) in [4.78, 5) is 20.5. The molecule has 3 heterocycles. The summed E-state index contributed by atoms with van der Waals surface area (Å²) < 4.78 is 5.44. The molecule has 0 radical (unpaired) electrons. The number of aromatic hydroxyl groups is 1. The van der Waals surface area contributed by atoms with Crippen molar-refractivity contribution in [3.05, 3.63) is 39.4 Å². The third kappa shape index (κ3) is 3.17. The second kappa shape index (κ2) is 6.89. The van der Waals surface area contributed by atoms with Crippen LogP contribution in [0.25, 0.3) is 0 Å². The van der Waals surface area contributed by atoms with Gasteiger partial charge in [-0.25, -0.2) is 4.98 Å². The lowest BCUT2D eigenvalue weighted by Gasteiger charge is -2.26. The number of anilines is 1. The van der Waals surface area contributed by atoms with Gasteiger partial charge in [-0.1, -0.05) is 12.1 Å². The molecule has 1 aromatic carbocycles. The molecule has 1 fully saturated rings. The maximum atomic E-state index is 12.2. The molecule has 4 rings (SSSR count). The van der Waals surface area contributed by atoms with E-state index in [1.165, 1.54) is 0 Å². The van der Waals surface area contributed by atoms with Gasteiger partial charge in [-0.15, -0.1) is 11.3 Å². The number of fused-ring (bicyclic) bond motifs is 1. The van der Waals surface area contributed by atoms with E-state index in [2.05, 4.69) is 10.2 Å². The molecule has 1 aromatic heterocycles. The third-order valence-electron chi connectivity index (χ3n) is 5.07. The zero-order valence-corrected chi connectivity index (χ0v) is 15.9. The first-order valence-corrected chi connectivity index (χ1v) is 9.73. The molecule has 1 unspecified atom stereocenters. The Morgan fingerprint density at radius 1 is 1.27 bits per heavy atom. The van der Waals surface area contributed by atoms with Gasteiger partial charge in [0.1, 0.15) is 5.75 Å². The van der Waals surface area contributed by atoms with Gasteiger partial charge in [-0.3, -0.25) is 4.79 Å². The van der Waals surface area contributed by atoms with Crippen LogP contribution in [0.4, 0.5) is 5.13 Å². The first kappa shape index (κ1) is 17.3. The molecular weight excluding hydrogens is 350 g/mol. The first-order chi connectivity index (χ1) is 12.5. The Kier molecular flexibility index (Phi) is 4.58. The largest absolute Gasteiger partial charge is 0.507 e. The number of benzene rings is 1. The van der Waals surface area contributed by atoms with Crippen LogP contribution in [0.15, 0.2) is 12.1 Å². The molecule has 0 spiro atoms. The number of nitrogens with one attached hydrogen (secondary N) is 1. The molecule has 138 valence electrons. The quantitative estimate of drug-likeness (QED) is 0.846. The van der Waals surface area contributed by atoms with Gasteiger partial charge in [0.2, 0.25) is 5.91 Å². The van der Waals surface area contributed by atoms with Crippen molar-refractivity contribution in [1.82, 2.24) is 10.3 Å². The Labute approximate surface area is 156 Å². The summed E-state index contributed by atoms with van der Waals surface area (Å²) in [5.41, 5.74) is 3.69. The van der Waals surface area contributed by atoms with Gasteiger partial charge in [0.25, 0.3) is 0 Å². The number of phenols is 1. The van der Waals surface area contributed by atoms with Crippen LogP contribution in [0.3, 0.4) is 0 Å². The lowest BCUT2D eigenvalue weighted by Crippen LogP contribution is -2.36. The highest BCUT2D eigenvalue weighted by molar-refractivity contribution is 7.15. The molecule has 1 amide bonds. The molecule has 7 heteroatoms. The zero-order valence-electron chi connectivity index (χ0n) is 15.0. The predicted octanol–water partition coefficient (Wildman–Crippen LogP) is 2.45. The SMILES string of the molecule is Cc1cc(C2CC(=O)NCc3nc(N4CCOCC4)sc32)cc(C)c1O. The highest BCUT2D eigenvalue weighted by Gasteiger charge is 2.30. The second-order valence-corrected chi connectivity index (χ2v) is 7.95. The van der Waals surface area contributed by atoms with Crippen LogP contribution in [-0.2, 0) is 16.1 Å². The van der Waals surface area contributed by atoms with E-state index in [-0.39, 0.29) is 11.8 Å². The van der Waals surface area contributed by atoms with Gasteiger partial charge in [-0.05, 0) is 30.5 Å². The van der Waals surface area contributed by atoms with Crippen LogP contribution in [0.5, 0.6) is 5.75 Å². The molecule has 0 aliphatic carbocycles. The van der Waals surface area contributed by atoms with E-state index in [1.807, 2.05) is 26.0 Å². The van der Waals surface area contributed by atoms with E-state index in [9.17, 15) is 9.90 Å². The number of hydrogen-bond acceptors (Lipinski definition) is 6. The number of amides is 1. The number of thiazole rings is 1. The van der Waals surface area contributed by atoms with Gasteiger partial charge < -0.3 is 20.1 Å². The predicted molar refractivity (Wildman–Crippen MR) is 101 cm³/mol. The summed E-state index contributed by atoms with van der Waals surface area (Å²) in [6.45, 7) is 7.41. The fourth-order valence-electron chi connectivity index (χ4n) is 3.63. The fourth-order valence-corrected chi connectivity index (χ4v) is 4.89. The monoisotopic (exact) mass is 373 g/mol. The van der Waals surface area contributed by atoms with Crippen LogP contribution in [-0.4, -0.2) is 42.3 Å². The molecule has 26 heavy (non-hydrogen) atoms. The molecule has 0 saturated carbocycles. The zero-order chi connectivity index (χ0) is 18.3. The number of morpholine rings is 1. The number of rotatable bonds is 2. The Morgan fingerprint density at radius 2 is 1.96 bits per heavy atom. The smallest absolute Gasteiger partial charge is 0.221 e. The van der Waals surface area contributed by atoms with E-state index in [0.717, 1.165) is 58.7 Å². The summed E-state index contributed by atoms with van der Waals surface area (Å²) in [6, 6.07) is 3.98. The summed E-state index contributed by atoms with van der Waals surface area (Å²) in [6.07, 6.45) is 0.404. The summed E-state index contributed by atoms with van der Waals surface area (Å²) in [5, 5.41) is 14.1. The average molecular weight is 373 g/mol. The number of phenolic OH excluding ortho intramolecular Hbond substituents is 1. The van der Waals surface area contributed by atoms with Crippen molar-refractivity contribution in [2.45, 2.75) is 32.7 Å².